The Morgan fingerprint density at radius 2 is 2.13 bits per heavy atom. The first-order chi connectivity index (χ1) is 7.25. The molecule has 2 unspecified atom stereocenters. The third-order valence-electron chi connectivity index (χ3n) is 2.48. The average molecular weight is 203 g/mol. The van der Waals surface area contributed by atoms with Crippen molar-refractivity contribution in [3.05, 3.63) is 48.0 Å². The van der Waals surface area contributed by atoms with Gasteiger partial charge in [-0.05, 0) is 12.0 Å². The molecule has 0 bridgehead atoms. The van der Waals surface area contributed by atoms with Crippen LogP contribution in [0.2, 0.25) is 0 Å². The standard InChI is InChI=1S/C12H13NO2/c14-12(15)7-6-10-11(13-10)8-9-4-2-1-3-5-9/h1-7,10-11,13H,8H2,(H,14,15). The SMILES string of the molecule is O=C(O)C=CC1NC1Cc1ccccc1. The Morgan fingerprint density at radius 1 is 1.40 bits per heavy atom. The molecule has 0 radical (unpaired) electrons. The van der Waals surface area contributed by atoms with Crippen LogP contribution in [0.1, 0.15) is 5.56 Å². The Morgan fingerprint density at radius 3 is 2.80 bits per heavy atom. The Balaban J connectivity index is 1.83. The van der Waals surface area contributed by atoms with Crippen LogP contribution in [0.3, 0.4) is 0 Å². The third kappa shape index (κ3) is 2.92. The van der Waals surface area contributed by atoms with Gasteiger partial charge < -0.3 is 10.4 Å². The molecule has 2 N–H and O–H groups in total. The summed E-state index contributed by atoms with van der Waals surface area (Å²) in [5, 5.41) is 11.7. The lowest BCUT2D eigenvalue weighted by Gasteiger charge is -1.96. The highest BCUT2D eigenvalue weighted by atomic mass is 16.4. The quantitative estimate of drug-likeness (QED) is 0.571. The molecular formula is C12H13NO2. The summed E-state index contributed by atoms with van der Waals surface area (Å²) in [6, 6.07) is 10.8. The summed E-state index contributed by atoms with van der Waals surface area (Å²) in [6.45, 7) is 0. The minimum Gasteiger partial charge on any atom is -0.478 e. The van der Waals surface area contributed by atoms with E-state index in [0.29, 0.717) is 6.04 Å². The number of rotatable bonds is 4. The minimum atomic E-state index is -0.887. The van der Waals surface area contributed by atoms with E-state index in [4.69, 9.17) is 5.11 Å². The van der Waals surface area contributed by atoms with E-state index in [2.05, 4.69) is 17.4 Å². The summed E-state index contributed by atoms with van der Waals surface area (Å²) in [5.41, 5.74) is 1.28. The number of carboxylic acid groups (broad SMARTS) is 1. The van der Waals surface area contributed by atoms with Crippen molar-refractivity contribution in [3.63, 3.8) is 0 Å². The normalized spacial score (nSPS) is 24.3. The van der Waals surface area contributed by atoms with Crippen molar-refractivity contribution in [3.8, 4) is 0 Å². The largest absolute Gasteiger partial charge is 0.478 e. The summed E-state index contributed by atoms with van der Waals surface area (Å²) in [7, 11) is 0. The molecule has 2 atom stereocenters. The fourth-order valence-corrected chi connectivity index (χ4v) is 1.62. The first kappa shape index (κ1) is 9.93. The highest BCUT2D eigenvalue weighted by molar-refractivity contribution is 5.79. The van der Waals surface area contributed by atoms with Crippen molar-refractivity contribution in [1.29, 1.82) is 0 Å². The lowest BCUT2D eigenvalue weighted by atomic mass is 10.1. The number of aliphatic carboxylic acids is 1. The Bertz CT molecular complexity index is 372. The molecule has 0 spiro atoms. The molecule has 1 heterocycles. The van der Waals surface area contributed by atoms with Gasteiger partial charge in [0, 0.05) is 18.2 Å². The second-order valence-corrected chi connectivity index (χ2v) is 3.69. The number of nitrogens with one attached hydrogen (secondary N) is 1. The fourth-order valence-electron chi connectivity index (χ4n) is 1.62. The van der Waals surface area contributed by atoms with E-state index in [0.717, 1.165) is 6.42 Å². The topological polar surface area (TPSA) is 59.2 Å². The van der Waals surface area contributed by atoms with Gasteiger partial charge in [0.2, 0.25) is 0 Å². The molecule has 1 fully saturated rings. The Labute approximate surface area is 88.4 Å². The van der Waals surface area contributed by atoms with Gasteiger partial charge in [-0.2, -0.15) is 0 Å². The molecule has 3 heteroatoms. The summed E-state index contributed by atoms with van der Waals surface area (Å²) >= 11 is 0. The van der Waals surface area contributed by atoms with E-state index in [1.807, 2.05) is 18.2 Å². The molecule has 2 rings (SSSR count). The lowest BCUT2D eigenvalue weighted by molar-refractivity contribution is -0.131. The fraction of sp³-hybridized carbons (Fsp3) is 0.250. The van der Waals surface area contributed by atoms with Crippen molar-refractivity contribution in [2.45, 2.75) is 18.5 Å². The molecular weight excluding hydrogens is 190 g/mol. The zero-order valence-corrected chi connectivity index (χ0v) is 8.26. The predicted octanol–water partition coefficient (Wildman–Crippen LogP) is 1.21. The van der Waals surface area contributed by atoms with Crippen LogP contribution in [0, 0.1) is 0 Å². The first-order valence-corrected chi connectivity index (χ1v) is 4.97. The number of hydrogen-bond acceptors (Lipinski definition) is 2. The van der Waals surface area contributed by atoms with Gasteiger partial charge in [-0.15, -0.1) is 0 Å². The van der Waals surface area contributed by atoms with Crippen molar-refractivity contribution in [2.75, 3.05) is 0 Å². The van der Waals surface area contributed by atoms with Gasteiger partial charge in [-0.3, -0.25) is 0 Å². The van der Waals surface area contributed by atoms with Gasteiger partial charge in [-0.25, -0.2) is 4.79 Å². The van der Waals surface area contributed by atoms with Crippen LogP contribution < -0.4 is 5.32 Å². The third-order valence-corrected chi connectivity index (χ3v) is 2.48. The van der Waals surface area contributed by atoms with E-state index in [1.54, 1.807) is 6.08 Å². The Kier molecular flexibility index (Phi) is 2.83. The van der Waals surface area contributed by atoms with Gasteiger partial charge in [0.15, 0.2) is 0 Å². The zero-order valence-electron chi connectivity index (χ0n) is 8.26. The molecule has 0 amide bonds. The van der Waals surface area contributed by atoms with Gasteiger partial charge in [0.1, 0.15) is 0 Å². The van der Waals surface area contributed by atoms with Gasteiger partial charge in [0.25, 0.3) is 0 Å². The van der Waals surface area contributed by atoms with Crippen LogP contribution in [0.15, 0.2) is 42.5 Å². The molecule has 0 saturated carbocycles. The summed E-state index contributed by atoms with van der Waals surface area (Å²) in [6.07, 6.45) is 3.86. The highest BCUT2D eigenvalue weighted by Crippen LogP contribution is 2.17. The molecule has 1 aliphatic rings. The summed E-state index contributed by atoms with van der Waals surface area (Å²) in [5.74, 6) is -0.887. The van der Waals surface area contributed by atoms with Crippen molar-refractivity contribution in [1.82, 2.24) is 5.32 Å². The maximum atomic E-state index is 10.3. The number of carboxylic acids is 1. The molecule has 3 nitrogen and oxygen atoms in total. The van der Waals surface area contributed by atoms with E-state index >= 15 is 0 Å². The van der Waals surface area contributed by atoms with Crippen LogP contribution in [0.25, 0.3) is 0 Å². The van der Waals surface area contributed by atoms with Crippen molar-refractivity contribution >= 4 is 5.97 Å². The van der Waals surface area contributed by atoms with Gasteiger partial charge in [-0.1, -0.05) is 36.4 Å². The number of carbonyl (C=O) groups is 1. The predicted molar refractivity (Wildman–Crippen MR) is 57.6 cm³/mol. The highest BCUT2D eigenvalue weighted by Gasteiger charge is 2.33. The van der Waals surface area contributed by atoms with Crippen LogP contribution in [0.4, 0.5) is 0 Å². The van der Waals surface area contributed by atoms with Crippen molar-refractivity contribution < 1.29 is 9.90 Å². The lowest BCUT2D eigenvalue weighted by Crippen LogP contribution is -1.97. The molecule has 0 aliphatic carbocycles. The molecule has 0 aromatic heterocycles. The molecule has 1 saturated heterocycles. The van der Waals surface area contributed by atoms with E-state index < -0.39 is 5.97 Å². The first-order valence-electron chi connectivity index (χ1n) is 4.97. The number of hydrogen-bond donors (Lipinski definition) is 2. The Hall–Kier alpha value is -1.61. The van der Waals surface area contributed by atoms with Crippen LogP contribution in [-0.2, 0) is 11.2 Å². The monoisotopic (exact) mass is 203 g/mol. The zero-order chi connectivity index (χ0) is 10.7. The maximum Gasteiger partial charge on any atom is 0.328 e. The van der Waals surface area contributed by atoms with Crippen LogP contribution in [0.5, 0.6) is 0 Å². The van der Waals surface area contributed by atoms with E-state index in [-0.39, 0.29) is 6.04 Å². The van der Waals surface area contributed by atoms with Gasteiger partial charge in [0.05, 0.1) is 0 Å². The summed E-state index contributed by atoms with van der Waals surface area (Å²) < 4.78 is 0. The van der Waals surface area contributed by atoms with Crippen LogP contribution >= 0.6 is 0 Å². The van der Waals surface area contributed by atoms with E-state index in [1.165, 1.54) is 11.6 Å². The molecule has 1 aromatic carbocycles. The molecule has 78 valence electrons. The van der Waals surface area contributed by atoms with E-state index in [9.17, 15) is 4.79 Å². The second-order valence-electron chi connectivity index (χ2n) is 3.69. The summed E-state index contributed by atoms with van der Waals surface area (Å²) in [4.78, 5) is 10.3. The molecule has 1 aliphatic heterocycles. The molecule has 1 aromatic rings. The second kappa shape index (κ2) is 4.28. The minimum absolute atomic E-state index is 0.223. The van der Waals surface area contributed by atoms with Crippen molar-refractivity contribution in [2.24, 2.45) is 0 Å². The maximum absolute atomic E-state index is 10.3. The average Bonchev–Trinajstić information content (AvgIpc) is 2.95. The smallest absolute Gasteiger partial charge is 0.328 e. The number of benzene rings is 1. The van der Waals surface area contributed by atoms with Crippen LogP contribution in [-0.4, -0.2) is 23.2 Å². The van der Waals surface area contributed by atoms with Gasteiger partial charge >= 0.3 is 5.97 Å². The molecule has 15 heavy (non-hydrogen) atoms.